The van der Waals surface area contributed by atoms with E-state index in [1.54, 1.807) is 6.08 Å². The van der Waals surface area contributed by atoms with Gasteiger partial charge in [-0.05, 0) is 38.0 Å². The summed E-state index contributed by atoms with van der Waals surface area (Å²) in [6, 6.07) is 0.0929. The number of hydrogen-bond acceptors (Lipinski definition) is 2. The van der Waals surface area contributed by atoms with Crippen LogP contribution < -0.4 is 5.73 Å². The van der Waals surface area contributed by atoms with Gasteiger partial charge in [-0.1, -0.05) is 18.9 Å². The van der Waals surface area contributed by atoms with Crippen molar-refractivity contribution in [1.29, 1.82) is 0 Å². The van der Waals surface area contributed by atoms with Gasteiger partial charge < -0.3 is 10.6 Å². The number of carbonyl (C=O) groups is 1. The van der Waals surface area contributed by atoms with Gasteiger partial charge in [0.05, 0.1) is 6.04 Å². The molecule has 17 heavy (non-hydrogen) atoms. The van der Waals surface area contributed by atoms with Gasteiger partial charge in [0.1, 0.15) is 0 Å². The summed E-state index contributed by atoms with van der Waals surface area (Å²) < 4.78 is 0. The molecule has 3 heteroatoms. The number of nitrogens with two attached hydrogens (primary N) is 1. The largest absolute Gasteiger partial charge is 0.338 e. The lowest BCUT2D eigenvalue weighted by molar-refractivity contribution is -0.134. The van der Waals surface area contributed by atoms with Crippen molar-refractivity contribution in [1.82, 2.24) is 4.90 Å². The fraction of sp³-hybridized carbons (Fsp3) is 0.786. The molecule has 2 aliphatic rings. The highest BCUT2D eigenvalue weighted by Crippen LogP contribution is 2.35. The molecule has 0 aromatic heterocycles. The van der Waals surface area contributed by atoms with Crippen LogP contribution in [0.5, 0.6) is 0 Å². The zero-order chi connectivity index (χ0) is 12.3. The maximum Gasteiger partial charge on any atom is 0.240 e. The predicted octanol–water partition coefficient (Wildman–Crippen LogP) is 2.07. The number of nitrogens with zero attached hydrogens (tertiary/aromatic N) is 1. The molecule has 1 heterocycles. The Balaban J connectivity index is 1.98. The first-order valence-electron chi connectivity index (χ1n) is 6.91. The van der Waals surface area contributed by atoms with E-state index in [-0.39, 0.29) is 11.9 Å². The Morgan fingerprint density at radius 1 is 1.35 bits per heavy atom. The molecule has 3 nitrogen and oxygen atoms in total. The molecule has 1 saturated heterocycles. The minimum atomic E-state index is -0.380. The fourth-order valence-electron chi connectivity index (χ4n) is 3.39. The van der Waals surface area contributed by atoms with Crippen molar-refractivity contribution in [3.63, 3.8) is 0 Å². The Morgan fingerprint density at radius 2 is 2.06 bits per heavy atom. The number of rotatable bonds is 4. The molecule has 2 atom stereocenters. The molecule has 0 aromatic rings. The minimum absolute atomic E-state index is 0.138. The molecular weight excluding hydrogens is 212 g/mol. The summed E-state index contributed by atoms with van der Waals surface area (Å²) in [7, 11) is 0. The molecule has 1 aliphatic heterocycles. The SMILES string of the molecule is C=CCC(N)C(=O)N1CCCC1C1CCCC1. The highest BCUT2D eigenvalue weighted by atomic mass is 16.2. The summed E-state index contributed by atoms with van der Waals surface area (Å²) in [5, 5.41) is 0. The Bertz CT molecular complexity index is 284. The molecule has 2 fully saturated rings. The van der Waals surface area contributed by atoms with E-state index < -0.39 is 0 Å². The van der Waals surface area contributed by atoms with E-state index in [2.05, 4.69) is 11.5 Å². The van der Waals surface area contributed by atoms with E-state index >= 15 is 0 Å². The normalized spacial score (nSPS) is 27.4. The zero-order valence-corrected chi connectivity index (χ0v) is 10.6. The second-order valence-corrected chi connectivity index (χ2v) is 5.42. The molecule has 1 saturated carbocycles. The zero-order valence-electron chi connectivity index (χ0n) is 10.6. The lowest BCUT2D eigenvalue weighted by atomic mass is 9.95. The van der Waals surface area contributed by atoms with Crippen molar-refractivity contribution in [2.24, 2.45) is 11.7 Å². The third kappa shape index (κ3) is 2.71. The van der Waals surface area contributed by atoms with Crippen LogP contribution in [0.4, 0.5) is 0 Å². The van der Waals surface area contributed by atoms with Crippen LogP contribution >= 0.6 is 0 Å². The number of likely N-dealkylation sites (tertiary alicyclic amines) is 1. The lowest BCUT2D eigenvalue weighted by Gasteiger charge is -2.31. The number of hydrogen-bond donors (Lipinski definition) is 1. The van der Waals surface area contributed by atoms with Crippen molar-refractivity contribution >= 4 is 5.91 Å². The molecular formula is C14H24N2O. The van der Waals surface area contributed by atoms with Crippen LogP contribution in [0.2, 0.25) is 0 Å². The first-order chi connectivity index (χ1) is 8.24. The maximum absolute atomic E-state index is 12.3. The third-order valence-electron chi connectivity index (χ3n) is 4.26. The summed E-state index contributed by atoms with van der Waals surface area (Å²) in [5.41, 5.74) is 5.91. The molecule has 1 amide bonds. The van der Waals surface area contributed by atoms with Crippen molar-refractivity contribution in [3.05, 3.63) is 12.7 Å². The number of carbonyl (C=O) groups excluding carboxylic acids is 1. The van der Waals surface area contributed by atoms with Crippen LogP contribution in [-0.4, -0.2) is 29.4 Å². The first kappa shape index (κ1) is 12.6. The van der Waals surface area contributed by atoms with Crippen LogP contribution in [-0.2, 0) is 4.79 Å². The lowest BCUT2D eigenvalue weighted by Crippen LogP contribution is -2.47. The standard InChI is InChI=1S/C14H24N2O/c1-2-6-12(15)14(17)16-10-5-9-13(16)11-7-3-4-8-11/h2,11-13H,1,3-10,15H2. The smallest absolute Gasteiger partial charge is 0.240 e. The molecule has 2 unspecified atom stereocenters. The van der Waals surface area contributed by atoms with Crippen LogP contribution in [0, 0.1) is 5.92 Å². The average Bonchev–Trinajstić information content (AvgIpc) is 2.98. The monoisotopic (exact) mass is 236 g/mol. The minimum Gasteiger partial charge on any atom is -0.338 e. The Morgan fingerprint density at radius 3 is 2.71 bits per heavy atom. The molecule has 0 aromatic carbocycles. The molecule has 0 spiro atoms. The van der Waals surface area contributed by atoms with Gasteiger partial charge in [0, 0.05) is 12.6 Å². The third-order valence-corrected chi connectivity index (χ3v) is 4.26. The van der Waals surface area contributed by atoms with Crippen LogP contribution in [0.1, 0.15) is 44.9 Å². The number of amides is 1. The molecule has 0 bridgehead atoms. The molecule has 2 N–H and O–H groups in total. The van der Waals surface area contributed by atoms with Crippen molar-refractivity contribution in [2.45, 2.75) is 57.0 Å². The van der Waals surface area contributed by atoms with Crippen LogP contribution in [0.25, 0.3) is 0 Å². The van der Waals surface area contributed by atoms with Gasteiger partial charge in [-0.2, -0.15) is 0 Å². The summed E-state index contributed by atoms with van der Waals surface area (Å²) >= 11 is 0. The highest BCUT2D eigenvalue weighted by molar-refractivity contribution is 5.82. The molecule has 2 rings (SSSR count). The Kier molecular flexibility index (Phi) is 4.21. The van der Waals surface area contributed by atoms with Gasteiger partial charge >= 0.3 is 0 Å². The van der Waals surface area contributed by atoms with Crippen LogP contribution in [0.3, 0.4) is 0 Å². The van der Waals surface area contributed by atoms with Crippen molar-refractivity contribution in [2.75, 3.05) is 6.54 Å². The highest BCUT2D eigenvalue weighted by Gasteiger charge is 2.36. The van der Waals surface area contributed by atoms with Crippen molar-refractivity contribution < 1.29 is 4.79 Å². The summed E-state index contributed by atoms with van der Waals surface area (Å²) in [5.74, 6) is 0.872. The summed E-state index contributed by atoms with van der Waals surface area (Å²) in [6.45, 7) is 4.56. The van der Waals surface area contributed by atoms with Gasteiger partial charge in [0.25, 0.3) is 0 Å². The second kappa shape index (κ2) is 5.67. The van der Waals surface area contributed by atoms with Gasteiger partial charge in [0.2, 0.25) is 5.91 Å². The van der Waals surface area contributed by atoms with E-state index in [1.807, 2.05) is 0 Å². The first-order valence-corrected chi connectivity index (χ1v) is 6.91. The Labute approximate surface area is 104 Å². The quantitative estimate of drug-likeness (QED) is 0.760. The summed E-state index contributed by atoms with van der Waals surface area (Å²) in [4.78, 5) is 14.3. The fourth-order valence-corrected chi connectivity index (χ4v) is 3.39. The second-order valence-electron chi connectivity index (χ2n) is 5.42. The van der Waals surface area contributed by atoms with E-state index in [0.29, 0.717) is 12.5 Å². The molecule has 0 radical (unpaired) electrons. The van der Waals surface area contributed by atoms with Crippen molar-refractivity contribution in [3.8, 4) is 0 Å². The maximum atomic E-state index is 12.3. The van der Waals surface area contributed by atoms with E-state index in [0.717, 1.165) is 18.9 Å². The van der Waals surface area contributed by atoms with E-state index in [9.17, 15) is 4.79 Å². The van der Waals surface area contributed by atoms with E-state index in [1.165, 1.54) is 32.1 Å². The molecule has 96 valence electrons. The van der Waals surface area contributed by atoms with Crippen LogP contribution in [0.15, 0.2) is 12.7 Å². The van der Waals surface area contributed by atoms with E-state index in [4.69, 9.17) is 5.73 Å². The average molecular weight is 236 g/mol. The molecule has 1 aliphatic carbocycles. The van der Waals surface area contributed by atoms with Gasteiger partial charge in [0.15, 0.2) is 0 Å². The predicted molar refractivity (Wildman–Crippen MR) is 69.5 cm³/mol. The summed E-state index contributed by atoms with van der Waals surface area (Å²) in [6.07, 6.45) is 9.92. The topological polar surface area (TPSA) is 46.3 Å². The Hall–Kier alpha value is -0.830. The van der Waals surface area contributed by atoms with Gasteiger partial charge in [-0.25, -0.2) is 0 Å². The van der Waals surface area contributed by atoms with Gasteiger partial charge in [-0.3, -0.25) is 4.79 Å². The van der Waals surface area contributed by atoms with Gasteiger partial charge in [-0.15, -0.1) is 6.58 Å².